The summed E-state index contributed by atoms with van der Waals surface area (Å²) in [4.78, 5) is 2.91. The molecule has 0 bridgehead atoms. The van der Waals surface area contributed by atoms with Crippen LogP contribution in [-0.4, -0.2) is 36.6 Å². The number of likely N-dealkylation sites (tertiary alicyclic amines) is 1. The van der Waals surface area contributed by atoms with E-state index in [4.69, 9.17) is 0 Å². The van der Waals surface area contributed by atoms with E-state index in [0.29, 0.717) is 0 Å². The van der Waals surface area contributed by atoms with Gasteiger partial charge in [0.25, 0.3) is 0 Å². The number of nitrogens with one attached hydrogen (secondary N) is 1. The van der Waals surface area contributed by atoms with Crippen LogP contribution in [0.5, 0.6) is 0 Å². The molecule has 2 aliphatic heterocycles. The molecule has 3 aliphatic rings. The number of nitrogens with zero attached hydrogens (tertiary/aromatic N) is 1. The molecule has 2 nitrogen and oxygen atoms in total. The van der Waals surface area contributed by atoms with Crippen molar-refractivity contribution in [2.45, 2.75) is 58.0 Å². The van der Waals surface area contributed by atoms with Crippen LogP contribution in [0.3, 0.4) is 0 Å². The van der Waals surface area contributed by atoms with Crippen molar-refractivity contribution < 1.29 is 0 Å². The summed E-state index contributed by atoms with van der Waals surface area (Å²) in [5.41, 5.74) is 0. The monoisotopic (exact) mass is 236 g/mol. The Kier molecular flexibility index (Phi) is 3.45. The van der Waals surface area contributed by atoms with Crippen LogP contribution in [0.15, 0.2) is 0 Å². The summed E-state index contributed by atoms with van der Waals surface area (Å²) in [5, 5.41) is 3.59. The first kappa shape index (κ1) is 12.0. The molecule has 0 aromatic heterocycles. The van der Waals surface area contributed by atoms with Crippen LogP contribution in [0, 0.1) is 17.8 Å². The minimum absolute atomic E-state index is 0.880. The second-order valence-corrected chi connectivity index (χ2v) is 6.68. The van der Waals surface area contributed by atoms with Gasteiger partial charge in [-0.15, -0.1) is 0 Å². The SMILES string of the molecule is CCC1C2CNCC2CN1C1CCCC(C)C1. The lowest BCUT2D eigenvalue weighted by atomic mass is 9.85. The molecule has 0 aromatic rings. The minimum Gasteiger partial charge on any atom is -0.316 e. The zero-order valence-electron chi connectivity index (χ0n) is 11.5. The molecule has 5 atom stereocenters. The van der Waals surface area contributed by atoms with Crippen LogP contribution in [0.25, 0.3) is 0 Å². The molecule has 17 heavy (non-hydrogen) atoms. The van der Waals surface area contributed by atoms with Gasteiger partial charge in [-0.2, -0.15) is 0 Å². The second kappa shape index (κ2) is 4.89. The smallest absolute Gasteiger partial charge is 0.0140 e. The first-order valence-electron chi connectivity index (χ1n) is 7.76. The maximum atomic E-state index is 3.59. The predicted octanol–water partition coefficient (Wildman–Crippen LogP) is 2.49. The largest absolute Gasteiger partial charge is 0.316 e. The van der Waals surface area contributed by atoms with E-state index in [2.05, 4.69) is 24.1 Å². The van der Waals surface area contributed by atoms with E-state index < -0.39 is 0 Å². The Labute approximate surface area is 106 Å². The average Bonchev–Trinajstić information content (AvgIpc) is 2.88. The van der Waals surface area contributed by atoms with Crippen molar-refractivity contribution >= 4 is 0 Å². The van der Waals surface area contributed by atoms with E-state index in [1.807, 2.05) is 0 Å². The van der Waals surface area contributed by atoms with E-state index in [0.717, 1.165) is 29.8 Å². The van der Waals surface area contributed by atoms with Gasteiger partial charge in [0.1, 0.15) is 0 Å². The lowest BCUT2D eigenvalue weighted by Gasteiger charge is -2.38. The lowest BCUT2D eigenvalue weighted by Crippen LogP contribution is -2.44. The third kappa shape index (κ3) is 2.15. The van der Waals surface area contributed by atoms with E-state index in [9.17, 15) is 0 Å². The molecule has 2 heterocycles. The third-order valence-electron chi connectivity index (χ3n) is 5.55. The molecule has 5 unspecified atom stereocenters. The van der Waals surface area contributed by atoms with Gasteiger partial charge in [-0.25, -0.2) is 0 Å². The Morgan fingerprint density at radius 3 is 2.88 bits per heavy atom. The van der Waals surface area contributed by atoms with Gasteiger partial charge in [0.05, 0.1) is 0 Å². The summed E-state index contributed by atoms with van der Waals surface area (Å²) in [6.45, 7) is 8.78. The van der Waals surface area contributed by atoms with Crippen LogP contribution in [0.1, 0.15) is 46.0 Å². The van der Waals surface area contributed by atoms with E-state index >= 15 is 0 Å². The maximum absolute atomic E-state index is 3.59. The van der Waals surface area contributed by atoms with Crippen molar-refractivity contribution in [3.05, 3.63) is 0 Å². The highest BCUT2D eigenvalue weighted by Crippen LogP contribution is 2.39. The summed E-state index contributed by atoms with van der Waals surface area (Å²) < 4.78 is 0. The zero-order chi connectivity index (χ0) is 11.8. The van der Waals surface area contributed by atoms with Gasteiger partial charge < -0.3 is 5.32 Å². The standard InChI is InChI=1S/C15H28N2/c1-3-15-14-9-16-8-12(14)10-17(15)13-6-4-5-11(2)7-13/h11-16H,3-10H2,1-2H3. The van der Waals surface area contributed by atoms with Crippen molar-refractivity contribution in [3.63, 3.8) is 0 Å². The molecule has 0 spiro atoms. The van der Waals surface area contributed by atoms with Gasteiger partial charge in [0.2, 0.25) is 0 Å². The quantitative estimate of drug-likeness (QED) is 0.792. The zero-order valence-corrected chi connectivity index (χ0v) is 11.5. The van der Waals surface area contributed by atoms with E-state index in [1.54, 1.807) is 0 Å². The van der Waals surface area contributed by atoms with Crippen LogP contribution >= 0.6 is 0 Å². The molecule has 0 aromatic carbocycles. The van der Waals surface area contributed by atoms with Crippen LogP contribution in [0.2, 0.25) is 0 Å². The lowest BCUT2D eigenvalue weighted by molar-refractivity contribution is 0.106. The molecule has 98 valence electrons. The van der Waals surface area contributed by atoms with E-state index in [-0.39, 0.29) is 0 Å². The Morgan fingerprint density at radius 1 is 1.24 bits per heavy atom. The molecule has 0 radical (unpaired) electrons. The summed E-state index contributed by atoms with van der Waals surface area (Å²) in [7, 11) is 0. The fourth-order valence-electron chi connectivity index (χ4n) is 4.72. The number of hydrogen-bond donors (Lipinski definition) is 1. The van der Waals surface area contributed by atoms with Gasteiger partial charge in [-0.1, -0.05) is 26.7 Å². The molecular formula is C15H28N2. The summed E-state index contributed by atoms with van der Waals surface area (Å²) in [5.74, 6) is 2.87. The van der Waals surface area contributed by atoms with Crippen LogP contribution < -0.4 is 5.32 Å². The Hall–Kier alpha value is -0.0800. The van der Waals surface area contributed by atoms with Crippen LogP contribution in [0.4, 0.5) is 0 Å². The van der Waals surface area contributed by atoms with Crippen molar-refractivity contribution in [1.29, 1.82) is 0 Å². The second-order valence-electron chi connectivity index (χ2n) is 6.68. The Morgan fingerprint density at radius 2 is 2.12 bits per heavy atom. The van der Waals surface area contributed by atoms with Crippen molar-refractivity contribution in [1.82, 2.24) is 10.2 Å². The molecule has 0 amide bonds. The van der Waals surface area contributed by atoms with Gasteiger partial charge in [0, 0.05) is 18.6 Å². The van der Waals surface area contributed by atoms with Crippen molar-refractivity contribution in [2.75, 3.05) is 19.6 Å². The molecule has 1 N–H and O–H groups in total. The Balaban J connectivity index is 1.70. The van der Waals surface area contributed by atoms with E-state index in [1.165, 1.54) is 51.7 Å². The fraction of sp³-hybridized carbons (Fsp3) is 1.00. The molecule has 1 saturated carbocycles. The number of fused-ring (bicyclic) bond motifs is 1. The average molecular weight is 236 g/mol. The molecular weight excluding hydrogens is 208 g/mol. The van der Waals surface area contributed by atoms with Gasteiger partial charge in [-0.05, 0) is 50.1 Å². The molecule has 1 aliphatic carbocycles. The molecule has 3 fully saturated rings. The van der Waals surface area contributed by atoms with Crippen molar-refractivity contribution in [2.24, 2.45) is 17.8 Å². The number of rotatable bonds is 2. The third-order valence-corrected chi connectivity index (χ3v) is 5.55. The molecule has 2 saturated heterocycles. The van der Waals surface area contributed by atoms with Crippen molar-refractivity contribution in [3.8, 4) is 0 Å². The highest BCUT2D eigenvalue weighted by molar-refractivity contribution is 5.00. The maximum Gasteiger partial charge on any atom is 0.0140 e. The normalized spacial score (nSPS) is 47.3. The highest BCUT2D eigenvalue weighted by atomic mass is 15.2. The summed E-state index contributed by atoms with van der Waals surface area (Å²) in [6.07, 6.45) is 7.21. The predicted molar refractivity (Wildman–Crippen MR) is 72.1 cm³/mol. The summed E-state index contributed by atoms with van der Waals surface area (Å²) in [6, 6.07) is 1.79. The highest BCUT2D eigenvalue weighted by Gasteiger charge is 2.45. The topological polar surface area (TPSA) is 15.3 Å². The van der Waals surface area contributed by atoms with Crippen LogP contribution in [-0.2, 0) is 0 Å². The first-order valence-corrected chi connectivity index (χ1v) is 7.76. The first-order chi connectivity index (χ1) is 8.29. The Bertz CT molecular complexity index is 266. The summed E-state index contributed by atoms with van der Waals surface area (Å²) >= 11 is 0. The molecule has 3 rings (SSSR count). The fourth-order valence-corrected chi connectivity index (χ4v) is 4.72. The van der Waals surface area contributed by atoms with Gasteiger partial charge >= 0.3 is 0 Å². The minimum atomic E-state index is 0.880. The van der Waals surface area contributed by atoms with Gasteiger partial charge in [-0.3, -0.25) is 4.90 Å². The number of hydrogen-bond acceptors (Lipinski definition) is 2. The van der Waals surface area contributed by atoms with Gasteiger partial charge in [0.15, 0.2) is 0 Å². The molecule has 2 heteroatoms.